The van der Waals surface area contributed by atoms with E-state index in [0.717, 1.165) is 14.7 Å². The average Bonchev–Trinajstić information content (AvgIpc) is 2.97. The molecule has 0 N–H and O–H groups in total. The lowest BCUT2D eigenvalue weighted by Gasteiger charge is -2.15. The van der Waals surface area contributed by atoms with Gasteiger partial charge in [0.05, 0.1) is 25.5 Å². The van der Waals surface area contributed by atoms with Gasteiger partial charge in [-0.3, -0.25) is 9.59 Å². The van der Waals surface area contributed by atoms with Crippen LogP contribution in [0.25, 0.3) is 0 Å². The van der Waals surface area contributed by atoms with E-state index in [9.17, 15) is 9.59 Å². The molecule has 0 radical (unpaired) electrons. The van der Waals surface area contributed by atoms with Crippen LogP contribution < -0.4 is 4.90 Å². The first-order valence-corrected chi connectivity index (χ1v) is 11.9. The fourth-order valence-electron chi connectivity index (χ4n) is 2.77. The van der Waals surface area contributed by atoms with Crippen LogP contribution in [0.2, 0.25) is 20.1 Å². The topological polar surface area (TPSA) is 37.4 Å². The van der Waals surface area contributed by atoms with Crippen LogP contribution in [-0.4, -0.2) is 11.8 Å². The highest BCUT2D eigenvalue weighted by Gasteiger charge is 2.40. The number of halogens is 4. The smallest absolute Gasteiger partial charge is 0.268 e. The third-order valence-electron chi connectivity index (χ3n) is 4.23. The second-order valence-electron chi connectivity index (χ2n) is 6.31. The zero-order chi connectivity index (χ0) is 22.1. The molecule has 31 heavy (non-hydrogen) atoms. The van der Waals surface area contributed by atoms with E-state index < -0.39 is 11.8 Å². The van der Waals surface area contributed by atoms with Crippen LogP contribution in [0, 0.1) is 0 Å². The van der Waals surface area contributed by atoms with E-state index in [1.807, 2.05) is 0 Å². The number of carbonyl (C=O) groups is 2. The molecule has 0 spiro atoms. The molecule has 3 aromatic carbocycles. The van der Waals surface area contributed by atoms with Crippen molar-refractivity contribution < 1.29 is 9.59 Å². The third kappa shape index (κ3) is 4.92. The summed E-state index contributed by atoms with van der Waals surface area (Å²) in [5, 5.41) is 1.76. The molecule has 0 fully saturated rings. The van der Waals surface area contributed by atoms with Crippen molar-refractivity contribution in [1.82, 2.24) is 0 Å². The molecule has 4 rings (SSSR count). The Kier molecular flexibility index (Phi) is 6.92. The Morgan fingerprint density at radius 3 is 1.45 bits per heavy atom. The number of hydrogen-bond acceptors (Lipinski definition) is 4. The first kappa shape index (κ1) is 22.6. The summed E-state index contributed by atoms with van der Waals surface area (Å²) in [6.07, 6.45) is 0. The molecule has 0 saturated carbocycles. The van der Waals surface area contributed by atoms with Crippen LogP contribution in [0.3, 0.4) is 0 Å². The average molecular weight is 527 g/mol. The Labute approximate surface area is 207 Å². The predicted octanol–water partition coefficient (Wildman–Crippen LogP) is 7.97. The van der Waals surface area contributed by atoms with E-state index in [0.29, 0.717) is 30.6 Å². The summed E-state index contributed by atoms with van der Waals surface area (Å²) < 4.78 is 0. The van der Waals surface area contributed by atoms with E-state index in [1.54, 1.807) is 60.7 Å². The standard InChI is InChI=1S/C22H11Cl4NO2S2/c23-12-1-6-15(7-2-12)30-19-20(31-16-8-3-13(24)4-9-16)22(29)27(21(19)28)14-5-10-17(25)18(26)11-14/h1-11H. The predicted molar refractivity (Wildman–Crippen MR) is 131 cm³/mol. The molecule has 3 nitrogen and oxygen atoms in total. The van der Waals surface area contributed by atoms with Crippen molar-refractivity contribution in [1.29, 1.82) is 0 Å². The van der Waals surface area contributed by atoms with Crippen LogP contribution >= 0.6 is 69.9 Å². The summed E-state index contributed by atoms with van der Waals surface area (Å²) in [6, 6.07) is 18.7. The van der Waals surface area contributed by atoms with Crippen LogP contribution in [-0.2, 0) is 9.59 Å². The molecule has 0 atom stereocenters. The van der Waals surface area contributed by atoms with Gasteiger partial charge in [-0.15, -0.1) is 0 Å². The summed E-state index contributed by atoms with van der Waals surface area (Å²) in [7, 11) is 0. The molecule has 1 aliphatic rings. The Balaban J connectivity index is 1.74. The molecule has 0 saturated heterocycles. The first-order chi connectivity index (χ1) is 14.8. The van der Waals surface area contributed by atoms with E-state index in [4.69, 9.17) is 46.4 Å². The molecular formula is C22H11Cl4NO2S2. The van der Waals surface area contributed by atoms with E-state index >= 15 is 0 Å². The van der Waals surface area contributed by atoms with Gasteiger partial charge in [0, 0.05) is 19.8 Å². The molecule has 156 valence electrons. The van der Waals surface area contributed by atoms with Gasteiger partial charge in [0.1, 0.15) is 0 Å². The Bertz CT molecular complexity index is 1140. The summed E-state index contributed by atoms with van der Waals surface area (Å²) in [5.41, 5.74) is 0.352. The fourth-order valence-corrected chi connectivity index (χ4v) is 5.30. The number of nitrogens with zero attached hydrogens (tertiary/aromatic N) is 1. The monoisotopic (exact) mass is 525 g/mol. The zero-order valence-electron chi connectivity index (χ0n) is 15.4. The number of rotatable bonds is 5. The minimum atomic E-state index is -0.431. The minimum Gasteiger partial charge on any atom is -0.268 e. The lowest BCUT2D eigenvalue weighted by molar-refractivity contribution is -0.120. The third-order valence-corrected chi connectivity index (χ3v) is 7.78. The molecule has 3 aromatic rings. The molecule has 0 aliphatic carbocycles. The summed E-state index contributed by atoms with van der Waals surface area (Å²) >= 11 is 26.5. The maximum Gasteiger partial charge on any atom is 0.273 e. The number of carbonyl (C=O) groups excluding carboxylic acids is 2. The number of hydrogen-bond donors (Lipinski definition) is 0. The quantitative estimate of drug-likeness (QED) is 0.316. The second kappa shape index (κ2) is 9.49. The van der Waals surface area contributed by atoms with Crippen molar-refractivity contribution in [3.8, 4) is 0 Å². The maximum atomic E-state index is 13.3. The Hall–Kier alpha value is -1.60. The van der Waals surface area contributed by atoms with Gasteiger partial charge in [-0.2, -0.15) is 0 Å². The molecule has 9 heteroatoms. The fraction of sp³-hybridized carbons (Fsp3) is 0. The van der Waals surface area contributed by atoms with Crippen molar-refractivity contribution in [2.24, 2.45) is 0 Å². The highest BCUT2D eigenvalue weighted by Crippen LogP contribution is 2.44. The normalized spacial score (nSPS) is 14.0. The van der Waals surface area contributed by atoms with Crippen molar-refractivity contribution in [3.05, 3.63) is 96.6 Å². The van der Waals surface area contributed by atoms with Crippen LogP contribution in [0.5, 0.6) is 0 Å². The first-order valence-electron chi connectivity index (χ1n) is 8.78. The lowest BCUT2D eigenvalue weighted by atomic mass is 10.3. The van der Waals surface area contributed by atoms with Gasteiger partial charge in [0.2, 0.25) is 0 Å². The number of benzene rings is 3. The maximum absolute atomic E-state index is 13.3. The van der Waals surface area contributed by atoms with E-state index in [2.05, 4.69) is 0 Å². The molecular weight excluding hydrogens is 516 g/mol. The highest BCUT2D eigenvalue weighted by atomic mass is 35.5. The van der Waals surface area contributed by atoms with Gasteiger partial charge >= 0.3 is 0 Å². The van der Waals surface area contributed by atoms with Crippen molar-refractivity contribution >= 4 is 87.4 Å². The number of thioether (sulfide) groups is 2. The van der Waals surface area contributed by atoms with E-state index in [-0.39, 0.29) is 5.02 Å². The summed E-state index contributed by atoms with van der Waals surface area (Å²) in [5.74, 6) is -0.861. The molecule has 0 aromatic heterocycles. The number of anilines is 1. The minimum absolute atomic E-state index is 0.255. The molecule has 2 amide bonds. The van der Waals surface area contributed by atoms with Crippen LogP contribution in [0.15, 0.2) is 86.3 Å². The van der Waals surface area contributed by atoms with Crippen molar-refractivity contribution in [3.63, 3.8) is 0 Å². The van der Waals surface area contributed by atoms with Gasteiger partial charge in [0.25, 0.3) is 11.8 Å². The largest absolute Gasteiger partial charge is 0.273 e. The Morgan fingerprint density at radius 2 is 1.03 bits per heavy atom. The molecule has 1 aliphatic heterocycles. The second-order valence-corrected chi connectivity index (χ2v) is 10.2. The number of imide groups is 1. The Morgan fingerprint density at radius 1 is 0.581 bits per heavy atom. The summed E-state index contributed by atoms with van der Waals surface area (Å²) in [6.45, 7) is 0. The van der Waals surface area contributed by atoms with Gasteiger partial charge in [0.15, 0.2) is 0 Å². The lowest BCUT2D eigenvalue weighted by Crippen LogP contribution is -2.31. The van der Waals surface area contributed by atoms with Crippen molar-refractivity contribution in [2.45, 2.75) is 9.79 Å². The highest BCUT2D eigenvalue weighted by molar-refractivity contribution is 8.08. The van der Waals surface area contributed by atoms with E-state index in [1.165, 1.54) is 29.6 Å². The molecule has 0 bridgehead atoms. The summed E-state index contributed by atoms with van der Waals surface area (Å²) in [4.78, 5) is 30.0. The number of amides is 2. The van der Waals surface area contributed by atoms with Crippen LogP contribution in [0.4, 0.5) is 5.69 Å². The van der Waals surface area contributed by atoms with Crippen LogP contribution in [0.1, 0.15) is 0 Å². The van der Waals surface area contributed by atoms with Gasteiger partial charge in [-0.05, 0) is 66.7 Å². The molecule has 1 heterocycles. The van der Waals surface area contributed by atoms with Crippen molar-refractivity contribution in [2.75, 3.05) is 4.90 Å². The molecule has 0 unspecified atom stereocenters. The SMILES string of the molecule is O=C1C(Sc2ccc(Cl)cc2)=C(Sc2ccc(Cl)cc2)C(=O)N1c1ccc(Cl)c(Cl)c1. The van der Waals surface area contributed by atoms with Gasteiger partial charge in [-0.25, -0.2) is 4.90 Å². The van der Waals surface area contributed by atoms with Gasteiger partial charge < -0.3 is 0 Å². The zero-order valence-corrected chi connectivity index (χ0v) is 20.1. The van der Waals surface area contributed by atoms with Gasteiger partial charge in [-0.1, -0.05) is 69.9 Å².